The summed E-state index contributed by atoms with van der Waals surface area (Å²) in [6.07, 6.45) is 0. The molecular weight excluding hydrogens is 210 g/mol. The van der Waals surface area contributed by atoms with Gasteiger partial charge in [-0.15, -0.1) is 0 Å². The number of nitrogens with two attached hydrogens (primary N) is 1. The number of rotatable bonds is 3. The van der Waals surface area contributed by atoms with Crippen LogP contribution in [0.1, 0.15) is 17.3 Å². The number of hydrogen-bond acceptors (Lipinski definition) is 4. The summed E-state index contributed by atoms with van der Waals surface area (Å²) in [5, 5.41) is 10.8. The predicted molar refractivity (Wildman–Crippen MR) is 60.1 cm³/mol. The van der Waals surface area contributed by atoms with Crippen molar-refractivity contribution in [1.82, 2.24) is 4.90 Å². The van der Waals surface area contributed by atoms with Gasteiger partial charge in [-0.25, -0.2) is 0 Å². The molecule has 0 atom stereocenters. The maximum absolute atomic E-state index is 11.8. The molecule has 0 spiro atoms. The van der Waals surface area contributed by atoms with Crippen LogP contribution in [0.25, 0.3) is 0 Å². The fourth-order valence-electron chi connectivity index (χ4n) is 1.29. The number of carbonyl (C=O) groups excluding carboxylic acids is 1. The van der Waals surface area contributed by atoms with E-state index in [1.807, 2.05) is 0 Å². The van der Waals surface area contributed by atoms with Crippen molar-refractivity contribution in [2.45, 2.75) is 6.92 Å². The number of benzene rings is 1. The van der Waals surface area contributed by atoms with Crippen LogP contribution in [0.3, 0.4) is 0 Å². The summed E-state index contributed by atoms with van der Waals surface area (Å²) >= 11 is 0. The molecule has 0 aliphatic carbocycles. The molecule has 6 nitrogen and oxygen atoms in total. The van der Waals surface area contributed by atoms with Crippen LogP contribution in [-0.2, 0) is 0 Å². The van der Waals surface area contributed by atoms with Gasteiger partial charge in [0.25, 0.3) is 5.91 Å². The Labute approximate surface area is 92.8 Å². The van der Waals surface area contributed by atoms with E-state index in [4.69, 9.17) is 5.73 Å². The molecule has 0 radical (unpaired) electrons. The van der Waals surface area contributed by atoms with Crippen LogP contribution in [0, 0.1) is 10.1 Å². The first-order valence-electron chi connectivity index (χ1n) is 4.77. The number of para-hydroxylation sites is 1. The number of nitrogen functional groups attached to an aromatic ring is 1. The summed E-state index contributed by atoms with van der Waals surface area (Å²) < 4.78 is 0. The monoisotopic (exact) mass is 223 g/mol. The molecule has 0 saturated heterocycles. The third-order valence-corrected chi connectivity index (χ3v) is 2.30. The number of anilines is 1. The highest BCUT2D eigenvalue weighted by Crippen LogP contribution is 2.26. The zero-order valence-corrected chi connectivity index (χ0v) is 9.14. The number of hydrogen-bond donors (Lipinski definition) is 1. The first-order chi connectivity index (χ1) is 7.49. The van der Waals surface area contributed by atoms with E-state index in [0.717, 1.165) is 0 Å². The number of amides is 1. The van der Waals surface area contributed by atoms with Crippen LogP contribution in [0.5, 0.6) is 0 Å². The van der Waals surface area contributed by atoms with Crippen molar-refractivity contribution in [2.24, 2.45) is 0 Å². The first kappa shape index (κ1) is 12.0. The van der Waals surface area contributed by atoms with Gasteiger partial charge in [0.1, 0.15) is 11.3 Å². The maximum atomic E-state index is 11.8. The fourth-order valence-corrected chi connectivity index (χ4v) is 1.29. The second kappa shape index (κ2) is 4.61. The Morgan fingerprint density at radius 3 is 2.69 bits per heavy atom. The molecule has 0 fully saturated rings. The summed E-state index contributed by atoms with van der Waals surface area (Å²) in [6, 6.07) is 4.34. The lowest BCUT2D eigenvalue weighted by Crippen LogP contribution is -2.27. The van der Waals surface area contributed by atoms with Crippen molar-refractivity contribution in [3.63, 3.8) is 0 Å². The Morgan fingerprint density at radius 1 is 1.56 bits per heavy atom. The van der Waals surface area contributed by atoms with E-state index >= 15 is 0 Å². The highest BCUT2D eigenvalue weighted by atomic mass is 16.6. The van der Waals surface area contributed by atoms with Crippen molar-refractivity contribution >= 4 is 17.3 Å². The zero-order valence-electron chi connectivity index (χ0n) is 9.14. The van der Waals surface area contributed by atoms with Crippen molar-refractivity contribution in [3.8, 4) is 0 Å². The lowest BCUT2D eigenvalue weighted by atomic mass is 10.1. The second-order valence-corrected chi connectivity index (χ2v) is 3.32. The topological polar surface area (TPSA) is 89.5 Å². The van der Waals surface area contributed by atoms with E-state index in [1.165, 1.54) is 23.1 Å². The molecule has 2 N–H and O–H groups in total. The summed E-state index contributed by atoms with van der Waals surface area (Å²) in [5.74, 6) is -0.401. The van der Waals surface area contributed by atoms with E-state index in [9.17, 15) is 14.9 Å². The number of nitro groups is 1. The highest BCUT2D eigenvalue weighted by Gasteiger charge is 2.24. The molecule has 1 amide bonds. The molecule has 0 aromatic heterocycles. The smallest absolute Gasteiger partial charge is 0.304 e. The molecule has 1 aromatic rings. The van der Waals surface area contributed by atoms with Gasteiger partial charge in [0.2, 0.25) is 0 Å². The largest absolute Gasteiger partial charge is 0.393 e. The van der Waals surface area contributed by atoms with Gasteiger partial charge >= 0.3 is 5.69 Å². The lowest BCUT2D eigenvalue weighted by molar-refractivity contribution is -0.384. The molecule has 0 heterocycles. The Balaban J connectivity index is 3.28. The van der Waals surface area contributed by atoms with Crippen molar-refractivity contribution in [2.75, 3.05) is 19.3 Å². The van der Waals surface area contributed by atoms with Gasteiger partial charge in [0.15, 0.2) is 0 Å². The van der Waals surface area contributed by atoms with Gasteiger partial charge in [-0.1, -0.05) is 6.07 Å². The molecule has 1 aromatic carbocycles. The molecule has 16 heavy (non-hydrogen) atoms. The minimum Gasteiger partial charge on any atom is -0.393 e. The van der Waals surface area contributed by atoms with Crippen LogP contribution in [0.2, 0.25) is 0 Å². The van der Waals surface area contributed by atoms with Crippen LogP contribution in [0.15, 0.2) is 18.2 Å². The van der Waals surface area contributed by atoms with Crippen LogP contribution in [0.4, 0.5) is 11.4 Å². The predicted octanol–water partition coefficient (Wildman–Crippen LogP) is 1.27. The minimum atomic E-state index is -0.633. The van der Waals surface area contributed by atoms with Crippen LogP contribution >= 0.6 is 0 Å². The Hall–Kier alpha value is -2.11. The van der Waals surface area contributed by atoms with E-state index in [1.54, 1.807) is 14.0 Å². The van der Waals surface area contributed by atoms with Gasteiger partial charge < -0.3 is 10.6 Å². The van der Waals surface area contributed by atoms with Gasteiger partial charge in [-0.2, -0.15) is 0 Å². The molecule has 6 heteroatoms. The van der Waals surface area contributed by atoms with Gasteiger partial charge in [0.05, 0.1) is 4.92 Å². The summed E-state index contributed by atoms with van der Waals surface area (Å²) in [4.78, 5) is 23.4. The van der Waals surface area contributed by atoms with Crippen molar-refractivity contribution < 1.29 is 9.72 Å². The average molecular weight is 223 g/mol. The molecule has 0 unspecified atom stereocenters. The summed E-state index contributed by atoms with van der Waals surface area (Å²) in [7, 11) is 1.58. The van der Waals surface area contributed by atoms with Crippen molar-refractivity contribution in [1.29, 1.82) is 0 Å². The Morgan fingerprint density at radius 2 is 2.19 bits per heavy atom. The van der Waals surface area contributed by atoms with Gasteiger partial charge in [-0.3, -0.25) is 14.9 Å². The molecule has 0 saturated carbocycles. The molecule has 0 aliphatic heterocycles. The van der Waals surface area contributed by atoms with Crippen LogP contribution < -0.4 is 5.73 Å². The first-order valence-corrected chi connectivity index (χ1v) is 4.77. The third kappa shape index (κ3) is 2.10. The zero-order chi connectivity index (χ0) is 12.3. The Bertz CT molecular complexity index is 431. The minimum absolute atomic E-state index is 0.000327. The number of nitrogens with zero attached hydrogens (tertiary/aromatic N) is 2. The molecule has 86 valence electrons. The van der Waals surface area contributed by atoms with Gasteiger partial charge in [-0.05, 0) is 19.1 Å². The fraction of sp³-hybridized carbons (Fsp3) is 0.300. The normalized spacial score (nSPS) is 9.88. The molecular formula is C10H13N3O3. The molecule has 0 bridgehead atoms. The summed E-state index contributed by atoms with van der Waals surface area (Å²) in [5.41, 5.74) is 5.19. The lowest BCUT2D eigenvalue weighted by Gasteiger charge is -2.14. The van der Waals surface area contributed by atoms with Gasteiger partial charge in [0, 0.05) is 13.6 Å². The molecule has 1 rings (SSSR count). The van der Waals surface area contributed by atoms with E-state index in [-0.39, 0.29) is 16.9 Å². The Kier molecular flexibility index (Phi) is 3.44. The SMILES string of the molecule is CCN(C)C(=O)c1cccc(N)c1[N+](=O)[O-]. The maximum Gasteiger partial charge on any atom is 0.304 e. The average Bonchev–Trinajstić information content (AvgIpc) is 2.26. The third-order valence-electron chi connectivity index (χ3n) is 2.30. The van der Waals surface area contributed by atoms with E-state index in [2.05, 4.69) is 0 Å². The highest BCUT2D eigenvalue weighted by molar-refractivity contribution is 6.00. The standard InChI is InChI=1S/C10H13N3O3/c1-3-12(2)10(14)7-5-4-6-8(11)9(7)13(15)16/h4-6H,3,11H2,1-2H3. The quantitative estimate of drug-likeness (QED) is 0.474. The number of carbonyl (C=O) groups is 1. The van der Waals surface area contributed by atoms with E-state index in [0.29, 0.717) is 6.54 Å². The van der Waals surface area contributed by atoms with Crippen LogP contribution in [-0.4, -0.2) is 29.3 Å². The number of nitro benzene ring substituents is 1. The second-order valence-electron chi connectivity index (χ2n) is 3.32. The van der Waals surface area contributed by atoms with E-state index < -0.39 is 10.8 Å². The van der Waals surface area contributed by atoms with Crippen molar-refractivity contribution in [3.05, 3.63) is 33.9 Å². The summed E-state index contributed by atoms with van der Waals surface area (Å²) in [6.45, 7) is 2.26. The molecule has 0 aliphatic rings.